The van der Waals surface area contributed by atoms with Crippen molar-refractivity contribution in [3.8, 4) is 0 Å². The molecule has 0 spiro atoms. The second-order valence-corrected chi connectivity index (χ2v) is 4.20. The van der Waals surface area contributed by atoms with E-state index < -0.39 is 6.09 Å². The van der Waals surface area contributed by atoms with Gasteiger partial charge in [0.1, 0.15) is 6.10 Å². The van der Waals surface area contributed by atoms with E-state index in [4.69, 9.17) is 4.74 Å². The third-order valence-corrected chi connectivity index (χ3v) is 2.69. The van der Waals surface area contributed by atoms with Gasteiger partial charge in [0, 0.05) is 32.7 Å². The summed E-state index contributed by atoms with van der Waals surface area (Å²) in [5.74, 6) is 0. The van der Waals surface area contributed by atoms with Crippen LogP contribution in [-0.4, -0.2) is 12.6 Å². The van der Waals surface area contributed by atoms with Crippen LogP contribution in [0.5, 0.6) is 0 Å². The Morgan fingerprint density at radius 2 is 1.80 bits per heavy atom. The second kappa shape index (κ2) is 8.88. The number of carbonyl (C=O) groups is 1. The maximum Gasteiger partial charge on any atom is 0.230 e. The summed E-state index contributed by atoms with van der Waals surface area (Å²) in [5, 5.41) is 3.63. The van der Waals surface area contributed by atoms with Crippen molar-refractivity contribution in [1.82, 2.24) is 0 Å². The number of nitrogens with zero attached hydrogens (tertiary/aromatic N) is 1. The zero-order valence-electron chi connectivity index (χ0n) is 11.3. The second-order valence-electron chi connectivity index (χ2n) is 4.20. The van der Waals surface area contributed by atoms with Crippen LogP contribution in [0.4, 0.5) is 4.79 Å². The zero-order valence-corrected chi connectivity index (χ0v) is 14.2. The molecule has 2 aromatic rings. The molecule has 1 radical (unpaired) electrons. The zero-order chi connectivity index (χ0) is 13.5. The average molecular weight is 342 g/mol. The Kier molecular flexibility index (Phi) is 7.49. The largest absolute Gasteiger partial charge is 0.614 e. The molecule has 0 bridgehead atoms. The number of amides is 1. The fourth-order valence-corrected chi connectivity index (χ4v) is 1.67. The van der Waals surface area contributed by atoms with Crippen LogP contribution >= 0.6 is 0 Å². The van der Waals surface area contributed by atoms with Gasteiger partial charge in [-0.05, 0) is 5.56 Å². The molecule has 1 atom stereocenters. The number of benzene rings is 2. The van der Waals surface area contributed by atoms with Gasteiger partial charge in [0.15, 0.2) is 0 Å². The quantitative estimate of drug-likeness (QED) is 0.734. The normalized spacial score (nSPS) is 16.1. The van der Waals surface area contributed by atoms with Crippen molar-refractivity contribution in [3.63, 3.8) is 0 Å². The van der Waals surface area contributed by atoms with Crippen molar-refractivity contribution in [2.75, 3.05) is 6.54 Å². The molecular formula is C16H15NO2Y-2. The molecule has 1 aliphatic heterocycles. The summed E-state index contributed by atoms with van der Waals surface area (Å²) in [7, 11) is 0. The predicted octanol–water partition coefficient (Wildman–Crippen LogP) is 4.04. The van der Waals surface area contributed by atoms with E-state index in [0.717, 1.165) is 5.56 Å². The SMILES string of the molecule is Cc1cc[c-]cc1.O=C1[N-]CC(c2ccccc2)O1.[Y]. The van der Waals surface area contributed by atoms with Crippen LogP contribution in [0.2, 0.25) is 0 Å². The van der Waals surface area contributed by atoms with Crippen molar-refractivity contribution in [2.24, 2.45) is 0 Å². The van der Waals surface area contributed by atoms with Crippen LogP contribution < -0.4 is 0 Å². The topological polar surface area (TPSA) is 40.4 Å². The first-order valence-electron chi connectivity index (χ1n) is 6.11. The minimum absolute atomic E-state index is 0. The summed E-state index contributed by atoms with van der Waals surface area (Å²) < 4.78 is 4.94. The van der Waals surface area contributed by atoms with E-state index >= 15 is 0 Å². The predicted molar refractivity (Wildman–Crippen MR) is 73.9 cm³/mol. The van der Waals surface area contributed by atoms with Crippen molar-refractivity contribution in [2.45, 2.75) is 13.0 Å². The van der Waals surface area contributed by atoms with Gasteiger partial charge in [0.2, 0.25) is 6.09 Å². The van der Waals surface area contributed by atoms with Gasteiger partial charge in [-0.1, -0.05) is 43.8 Å². The van der Waals surface area contributed by atoms with Gasteiger partial charge in [-0.15, -0.1) is 0 Å². The molecule has 20 heavy (non-hydrogen) atoms. The molecule has 4 heteroatoms. The maximum absolute atomic E-state index is 10.6. The number of carbonyl (C=O) groups excluding carboxylic acids is 1. The van der Waals surface area contributed by atoms with Crippen molar-refractivity contribution >= 4 is 6.09 Å². The van der Waals surface area contributed by atoms with Crippen LogP contribution in [0.25, 0.3) is 5.32 Å². The van der Waals surface area contributed by atoms with Crippen molar-refractivity contribution in [3.05, 3.63) is 77.1 Å². The minimum atomic E-state index is -0.455. The molecule has 101 valence electrons. The minimum Gasteiger partial charge on any atom is -0.614 e. The summed E-state index contributed by atoms with van der Waals surface area (Å²) in [5.41, 5.74) is 2.30. The van der Waals surface area contributed by atoms with Gasteiger partial charge in [-0.25, -0.2) is 0 Å². The Labute approximate surface area is 144 Å². The molecular weight excluding hydrogens is 327 g/mol. The number of rotatable bonds is 1. The first-order valence-corrected chi connectivity index (χ1v) is 6.11. The van der Waals surface area contributed by atoms with E-state index in [1.165, 1.54) is 5.56 Å². The summed E-state index contributed by atoms with van der Waals surface area (Å²) in [6.45, 7) is 2.51. The molecule has 1 heterocycles. The summed E-state index contributed by atoms with van der Waals surface area (Å²) in [4.78, 5) is 10.6. The number of aryl methyl sites for hydroxylation is 1. The van der Waals surface area contributed by atoms with Gasteiger partial charge in [-0.2, -0.15) is 35.9 Å². The fraction of sp³-hybridized carbons (Fsp3) is 0.188. The van der Waals surface area contributed by atoms with Gasteiger partial charge >= 0.3 is 0 Å². The van der Waals surface area contributed by atoms with Gasteiger partial charge in [-0.3, -0.25) is 4.79 Å². The molecule has 0 aliphatic carbocycles. The van der Waals surface area contributed by atoms with E-state index in [9.17, 15) is 4.79 Å². The third kappa shape index (κ3) is 5.44. The average Bonchev–Trinajstić information content (AvgIpc) is 2.88. The Morgan fingerprint density at radius 1 is 1.15 bits per heavy atom. The van der Waals surface area contributed by atoms with Gasteiger partial charge in [0.25, 0.3) is 0 Å². The van der Waals surface area contributed by atoms with Crippen LogP contribution in [-0.2, 0) is 37.4 Å². The van der Waals surface area contributed by atoms with E-state index in [1.54, 1.807) is 0 Å². The number of ether oxygens (including phenoxy) is 1. The standard InChI is InChI=1S/C9H9NO2.C7H7.Y/c11-9-10-6-8(12-9)7-4-2-1-3-5-7;1-7-5-3-2-4-6-7;/h1-5,8H,6H2,(H,10,11);3-6H,1H3;/q;-1;/p-1. The van der Waals surface area contributed by atoms with E-state index in [-0.39, 0.29) is 38.8 Å². The molecule has 1 unspecified atom stereocenters. The maximum atomic E-state index is 10.6. The number of hydrogen-bond donors (Lipinski definition) is 0. The molecule has 3 rings (SSSR count). The summed E-state index contributed by atoms with van der Waals surface area (Å²) in [6, 6.07) is 20.4. The van der Waals surface area contributed by atoms with Crippen molar-refractivity contribution < 1.29 is 42.2 Å². The first-order chi connectivity index (χ1) is 9.25. The van der Waals surface area contributed by atoms with Gasteiger partial charge < -0.3 is 10.1 Å². The Balaban J connectivity index is 0.000000216. The molecule has 2 aromatic carbocycles. The van der Waals surface area contributed by atoms with Crippen molar-refractivity contribution in [1.29, 1.82) is 0 Å². The smallest absolute Gasteiger partial charge is 0.230 e. The number of cyclic esters (lactones) is 1. The summed E-state index contributed by atoms with van der Waals surface area (Å²) >= 11 is 0. The van der Waals surface area contributed by atoms with Crippen LogP contribution in [0.1, 0.15) is 17.2 Å². The first kappa shape index (κ1) is 16.9. The van der Waals surface area contributed by atoms with Crippen LogP contribution in [0.15, 0.2) is 54.6 Å². The Morgan fingerprint density at radius 3 is 2.25 bits per heavy atom. The molecule has 0 saturated carbocycles. The Hall–Kier alpha value is -1.19. The molecule has 0 aromatic heterocycles. The molecule has 1 aliphatic rings. The van der Waals surface area contributed by atoms with E-state index in [0.29, 0.717) is 6.54 Å². The van der Waals surface area contributed by atoms with Gasteiger partial charge in [0.05, 0.1) is 0 Å². The molecule has 3 nitrogen and oxygen atoms in total. The molecule has 1 saturated heterocycles. The van der Waals surface area contributed by atoms with E-state index in [2.05, 4.69) is 18.3 Å². The molecule has 1 fully saturated rings. The monoisotopic (exact) mass is 342 g/mol. The Bertz CT molecular complexity index is 517. The third-order valence-electron chi connectivity index (χ3n) is 2.69. The fourth-order valence-electron chi connectivity index (χ4n) is 1.67. The van der Waals surface area contributed by atoms with E-state index in [1.807, 2.05) is 54.6 Å². The molecule has 0 N–H and O–H groups in total. The number of hydrogen-bond acceptors (Lipinski definition) is 2. The summed E-state index contributed by atoms with van der Waals surface area (Å²) in [6.07, 6.45) is -0.623. The van der Waals surface area contributed by atoms with Crippen LogP contribution in [0, 0.1) is 13.0 Å². The molecule has 1 amide bonds. The van der Waals surface area contributed by atoms with Crippen LogP contribution in [0.3, 0.4) is 0 Å².